The smallest absolute Gasteiger partial charge is 0.123 e. The highest BCUT2D eigenvalue weighted by Crippen LogP contribution is 2.28. The summed E-state index contributed by atoms with van der Waals surface area (Å²) in [5.74, 6) is -0.137. The summed E-state index contributed by atoms with van der Waals surface area (Å²) in [7, 11) is 0. The molecule has 83 valence electrons. The number of benzene rings is 1. The van der Waals surface area contributed by atoms with Crippen LogP contribution in [0.4, 0.5) is 4.39 Å². The fourth-order valence-corrected chi connectivity index (χ4v) is 1.78. The zero-order valence-electron chi connectivity index (χ0n) is 9.72. The quantitative estimate of drug-likeness (QED) is 0.671. The third-order valence-corrected chi connectivity index (χ3v) is 2.83. The Morgan fingerprint density at radius 3 is 2.60 bits per heavy atom. The van der Waals surface area contributed by atoms with Crippen molar-refractivity contribution in [3.63, 3.8) is 0 Å². The Morgan fingerprint density at radius 1 is 1.27 bits per heavy atom. The van der Waals surface area contributed by atoms with E-state index in [1.165, 1.54) is 6.07 Å². The van der Waals surface area contributed by atoms with Crippen molar-refractivity contribution < 1.29 is 4.39 Å². The maximum Gasteiger partial charge on any atom is 0.123 e. The highest BCUT2D eigenvalue weighted by atomic mass is 19.1. The second kappa shape index (κ2) is 5.29. The predicted octanol–water partition coefficient (Wildman–Crippen LogP) is 4.40. The van der Waals surface area contributed by atoms with Crippen LogP contribution in [0.25, 0.3) is 0 Å². The zero-order chi connectivity index (χ0) is 11.3. The normalized spacial score (nSPS) is 11.7. The fraction of sp³-hybridized carbons (Fsp3) is 0.500. The number of rotatable bonds is 5. The molecule has 0 N–H and O–H groups in total. The van der Waals surface area contributed by atoms with E-state index in [0.29, 0.717) is 5.41 Å². The summed E-state index contributed by atoms with van der Waals surface area (Å²) in [4.78, 5) is 0. The van der Waals surface area contributed by atoms with Crippen molar-refractivity contribution in [1.29, 1.82) is 0 Å². The van der Waals surface area contributed by atoms with Gasteiger partial charge in [0, 0.05) is 0 Å². The van der Waals surface area contributed by atoms with Gasteiger partial charge in [-0.15, -0.1) is 0 Å². The Kier molecular flexibility index (Phi) is 4.31. The van der Waals surface area contributed by atoms with E-state index in [1.807, 2.05) is 6.07 Å². The molecule has 0 saturated carbocycles. The monoisotopic (exact) mass is 207 g/mol. The van der Waals surface area contributed by atoms with E-state index in [1.54, 1.807) is 12.1 Å². The lowest BCUT2D eigenvalue weighted by Crippen LogP contribution is -2.12. The second-order valence-corrected chi connectivity index (χ2v) is 4.90. The molecule has 0 bridgehead atoms. The second-order valence-electron chi connectivity index (χ2n) is 4.90. The van der Waals surface area contributed by atoms with Crippen molar-refractivity contribution in [3.05, 3.63) is 42.6 Å². The molecule has 0 heterocycles. The first-order chi connectivity index (χ1) is 7.03. The van der Waals surface area contributed by atoms with Crippen molar-refractivity contribution in [2.24, 2.45) is 5.41 Å². The molecule has 0 aromatic heterocycles. The average molecular weight is 207 g/mol. The Bertz CT molecular complexity index is 302. The summed E-state index contributed by atoms with van der Waals surface area (Å²) in [6, 6.07) is 6.88. The number of hydrogen-bond acceptors (Lipinski definition) is 0. The summed E-state index contributed by atoms with van der Waals surface area (Å²) in [6.45, 7) is 8.37. The van der Waals surface area contributed by atoms with Gasteiger partial charge < -0.3 is 0 Å². The van der Waals surface area contributed by atoms with Gasteiger partial charge >= 0.3 is 0 Å². The fourth-order valence-electron chi connectivity index (χ4n) is 1.78. The molecule has 0 nitrogen and oxygen atoms in total. The first-order valence-electron chi connectivity index (χ1n) is 5.57. The van der Waals surface area contributed by atoms with E-state index < -0.39 is 0 Å². The minimum absolute atomic E-state index is 0.137. The molecule has 1 heteroatoms. The summed E-state index contributed by atoms with van der Waals surface area (Å²) >= 11 is 0. The van der Waals surface area contributed by atoms with Crippen LogP contribution < -0.4 is 0 Å². The molecule has 0 fully saturated rings. The van der Waals surface area contributed by atoms with Gasteiger partial charge in [0.1, 0.15) is 5.82 Å². The van der Waals surface area contributed by atoms with Crippen LogP contribution in [0.2, 0.25) is 0 Å². The van der Waals surface area contributed by atoms with E-state index in [9.17, 15) is 4.39 Å². The van der Waals surface area contributed by atoms with Crippen LogP contribution >= 0.6 is 0 Å². The highest BCUT2D eigenvalue weighted by Gasteiger charge is 2.16. The van der Waals surface area contributed by atoms with Crippen LogP contribution in [-0.2, 0) is 6.42 Å². The molecule has 0 aliphatic carbocycles. The molecule has 1 aromatic rings. The third kappa shape index (κ3) is 4.46. The summed E-state index contributed by atoms with van der Waals surface area (Å²) in [6.07, 6.45) is 4.13. The van der Waals surface area contributed by atoms with Gasteiger partial charge in [-0.3, -0.25) is 0 Å². The molecule has 0 spiro atoms. The van der Waals surface area contributed by atoms with E-state index in [0.717, 1.165) is 31.2 Å². The molecule has 0 aliphatic rings. The minimum Gasteiger partial charge on any atom is -0.207 e. The Morgan fingerprint density at radius 2 is 2.00 bits per heavy atom. The largest absolute Gasteiger partial charge is 0.207 e. The molecular formula is C14H20F. The highest BCUT2D eigenvalue weighted by molar-refractivity contribution is 5.16. The summed E-state index contributed by atoms with van der Waals surface area (Å²) in [5.41, 5.74) is 1.40. The van der Waals surface area contributed by atoms with E-state index in [2.05, 4.69) is 20.8 Å². The van der Waals surface area contributed by atoms with Crippen LogP contribution in [0, 0.1) is 18.2 Å². The van der Waals surface area contributed by atoms with E-state index >= 15 is 0 Å². The first-order valence-corrected chi connectivity index (χ1v) is 5.57. The summed E-state index contributed by atoms with van der Waals surface area (Å²) in [5, 5.41) is 0. The van der Waals surface area contributed by atoms with Gasteiger partial charge in [-0.1, -0.05) is 39.3 Å². The molecule has 0 atom stereocenters. The molecule has 15 heavy (non-hydrogen) atoms. The topological polar surface area (TPSA) is 0 Å². The van der Waals surface area contributed by atoms with Crippen molar-refractivity contribution in [1.82, 2.24) is 0 Å². The average Bonchev–Trinajstić information content (AvgIpc) is 2.15. The van der Waals surface area contributed by atoms with Gasteiger partial charge in [-0.25, -0.2) is 4.39 Å². The molecular weight excluding hydrogens is 187 g/mol. The lowest BCUT2D eigenvalue weighted by atomic mass is 9.82. The Hall–Kier alpha value is -0.850. The van der Waals surface area contributed by atoms with Crippen molar-refractivity contribution >= 4 is 0 Å². The van der Waals surface area contributed by atoms with Gasteiger partial charge in [0.05, 0.1) is 0 Å². The third-order valence-electron chi connectivity index (χ3n) is 2.83. The van der Waals surface area contributed by atoms with Gasteiger partial charge in [0.15, 0.2) is 0 Å². The minimum atomic E-state index is -0.137. The molecule has 0 saturated heterocycles. The van der Waals surface area contributed by atoms with Crippen LogP contribution in [0.3, 0.4) is 0 Å². The SMILES string of the molecule is [CH2]CCC(C)(C)CCc1cccc(F)c1. The van der Waals surface area contributed by atoms with Gasteiger partial charge in [-0.05, 0) is 42.4 Å². The standard InChI is InChI=1S/C14H20F/c1-4-9-14(2,3)10-8-12-6-5-7-13(15)11-12/h5-7,11H,1,4,8-10H2,2-3H3. The molecule has 1 radical (unpaired) electrons. The van der Waals surface area contributed by atoms with E-state index in [4.69, 9.17) is 0 Å². The van der Waals surface area contributed by atoms with Crippen molar-refractivity contribution in [2.45, 2.75) is 39.5 Å². The Balaban J connectivity index is 2.49. The van der Waals surface area contributed by atoms with Gasteiger partial charge in [0.25, 0.3) is 0 Å². The maximum atomic E-state index is 12.9. The molecule has 0 amide bonds. The molecule has 0 aliphatic heterocycles. The van der Waals surface area contributed by atoms with Gasteiger partial charge in [-0.2, -0.15) is 0 Å². The lowest BCUT2D eigenvalue weighted by Gasteiger charge is -2.23. The number of halogens is 1. The van der Waals surface area contributed by atoms with E-state index in [-0.39, 0.29) is 5.82 Å². The predicted molar refractivity (Wildman–Crippen MR) is 63.1 cm³/mol. The molecule has 1 rings (SSSR count). The van der Waals surface area contributed by atoms with Crippen molar-refractivity contribution in [3.8, 4) is 0 Å². The first kappa shape index (κ1) is 12.2. The van der Waals surface area contributed by atoms with Crippen LogP contribution in [-0.4, -0.2) is 0 Å². The number of hydrogen-bond donors (Lipinski definition) is 0. The molecule has 0 unspecified atom stereocenters. The van der Waals surface area contributed by atoms with Crippen LogP contribution in [0.1, 0.15) is 38.7 Å². The van der Waals surface area contributed by atoms with Crippen molar-refractivity contribution in [2.75, 3.05) is 0 Å². The maximum absolute atomic E-state index is 12.9. The van der Waals surface area contributed by atoms with Crippen LogP contribution in [0.5, 0.6) is 0 Å². The van der Waals surface area contributed by atoms with Gasteiger partial charge in [0.2, 0.25) is 0 Å². The summed E-state index contributed by atoms with van der Waals surface area (Å²) < 4.78 is 12.9. The number of aryl methyl sites for hydroxylation is 1. The lowest BCUT2D eigenvalue weighted by molar-refractivity contribution is 0.310. The molecule has 1 aromatic carbocycles. The zero-order valence-corrected chi connectivity index (χ0v) is 9.72. The Labute approximate surface area is 92.5 Å². The van der Waals surface area contributed by atoms with Crippen LogP contribution in [0.15, 0.2) is 24.3 Å².